The van der Waals surface area contributed by atoms with Gasteiger partial charge in [0.25, 0.3) is 0 Å². The summed E-state index contributed by atoms with van der Waals surface area (Å²) >= 11 is 0. The van der Waals surface area contributed by atoms with E-state index in [4.69, 9.17) is 30.4 Å². The summed E-state index contributed by atoms with van der Waals surface area (Å²) in [6.07, 6.45) is 6.95. The van der Waals surface area contributed by atoms with Gasteiger partial charge in [-0.15, -0.1) is 13.2 Å². The molecule has 6 rings (SSSR count). The first kappa shape index (κ1) is 45.4. The minimum atomic E-state index is -0.839. The van der Waals surface area contributed by atoms with E-state index < -0.39 is 58.3 Å². The molecule has 2 amide bonds. The highest BCUT2D eigenvalue weighted by Crippen LogP contribution is 2.70. The number of primary amides is 2. The maximum Gasteiger partial charge on any atom is 0.404 e. The fourth-order valence-corrected chi connectivity index (χ4v) is 14.1. The van der Waals surface area contributed by atoms with Gasteiger partial charge in [-0.2, -0.15) is 0 Å². The van der Waals surface area contributed by atoms with Gasteiger partial charge in [0, 0.05) is 72.0 Å². The van der Waals surface area contributed by atoms with Crippen LogP contribution in [0.1, 0.15) is 133 Å². The summed E-state index contributed by atoms with van der Waals surface area (Å²) < 4.78 is 23.2. The van der Waals surface area contributed by atoms with Crippen LogP contribution in [-0.2, 0) is 38.1 Å². The molecule has 4 bridgehead atoms. The Kier molecular flexibility index (Phi) is 12.3. The van der Waals surface area contributed by atoms with Crippen molar-refractivity contribution in [1.29, 1.82) is 0 Å². The van der Waals surface area contributed by atoms with Crippen LogP contribution in [0, 0.1) is 68.0 Å². The first-order chi connectivity index (χ1) is 26.8. The molecule has 6 aliphatic carbocycles. The third-order valence-electron chi connectivity index (χ3n) is 17.6. The number of nitrogens with two attached hydrogens (primary N) is 2. The predicted molar refractivity (Wildman–Crippen MR) is 218 cm³/mol. The van der Waals surface area contributed by atoms with Gasteiger partial charge < -0.3 is 30.4 Å². The lowest BCUT2D eigenvalue weighted by molar-refractivity contribution is -0.202. The smallest absolute Gasteiger partial charge is 0.404 e. The Morgan fingerprint density at radius 3 is 1.21 bits per heavy atom. The normalized spacial score (nSPS) is 46.8. The van der Waals surface area contributed by atoms with Gasteiger partial charge in [-0.1, -0.05) is 67.5 Å². The second kappa shape index (κ2) is 15.7. The Morgan fingerprint density at radius 2 is 0.931 bits per heavy atom. The topological polar surface area (TPSA) is 191 Å². The van der Waals surface area contributed by atoms with Crippen molar-refractivity contribution in [3.8, 4) is 0 Å². The Labute approximate surface area is 345 Å². The van der Waals surface area contributed by atoms with Crippen LogP contribution in [0.5, 0.6) is 0 Å². The molecule has 0 aromatic carbocycles. The van der Waals surface area contributed by atoms with Crippen LogP contribution >= 0.6 is 0 Å². The van der Waals surface area contributed by atoms with Gasteiger partial charge in [-0.05, 0) is 74.0 Å². The van der Waals surface area contributed by atoms with Crippen molar-refractivity contribution in [3.05, 3.63) is 25.3 Å². The van der Waals surface area contributed by atoms with Gasteiger partial charge in [0.1, 0.15) is 36.0 Å². The molecule has 0 aromatic rings. The van der Waals surface area contributed by atoms with E-state index in [-0.39, 0.29) is 69.8 Å². The lowest BCUT2D eigenvalue weighted by atomic mass is 9.44. The van der Waals surface area contributed by atoms with E-state index in [1.54, 1.807) is 0 Å². The molecule has 0 aliphatic heterocycles. The quantitative estimate of drug-likeness (QED) is 0.151. The summed E-state index contributed by atoms with van der Waals surface area (Å²) in [7, 11) is 0. The molecule has 4 N–H and O–H groups in total. The molecule has 16 atom stereocenters. The summed E-state index contributed by atoms with van der Waals surface area (Å²) in [4.78, 5) is 74.4. The molecule has 6 fully saturated rings. The molecule has 0 heterocycles. The molecule has 0 saturated heterocycles. The van der Waals surface area contributed by atoms with Crippen LogP contribution in [0.3, 0.4) is 0 Å². The number of Topliss-reactive ketones (excluding diaryl/α,β-unsaturated/α-hetero) is 2. The molecular weight excluding hydrogens is 741 g/mol. The van der Waals surface area contributed by atoms with E-state index in [0.29, 0.717) is 25.7 Å². The zero-order chi connectivity index (χ0) is 43.6. The summed E-state index contributed by atoms with van der Waals surface area (Å²) in [6.45, 7) is 27.6. The van der Waals surface area contributed by atoms with Gasteiger partial charge >= 0.3 is 24.1 Å². The third kappa shape index (κ3) is 6.99. The number of rotatable bonds is 6. The Bertz CT molecular complexity index is 1590. The number of hydrogen-bond acceptors (Lipinski definition) is 10. The largest absolute Gasteiger partial charge is 0.461 e. The highest BCUT2D eigenvalue weighted by Gasteiger charge is 2.70. The molecule has 0 unspecified atom stereocenters. The van der Waals surface area contributed by atoms with E-state index in [1.807, 2.05) is 26.0 Å². The molecule has 12 nitrogen and oxygen atoms in total. The second-order valence-corrected chi connectivity index (χ2v) is 20.2. The van der Waals surface area contributed by atoms with Crippen molar-refractivity contribution in [2.24, 2.45) is 79.5 Å². The maximum atomic E-state index is 13.3. The number of amides is 2. The third-order valence-corrected chi connectivity index (χ3v) is 17.6. The summed E-state index contributed by atoms with van der Waals surface area (Å²) in [5, 5.41) is 0. The summed E-state index contributed by atoms with van der Waals surface area (Å²) in [5.74, 6) is -0.396. The van der Waals surface area contributed by atoms with Gasteiger partial charge in [-0.3, -0.25) is 19.2 Å². The molecule has 12 heteroatoms. The lowest BCUT2D eigenvalue weighted by Gasteiger charge is -2.62. The van der Waals surface area contributed by atoms with Crippen molar-refractivity contribution < 1.29 is 47.7 Å². The van der Waals surface area contributed by atoms with Crippen molar-refractivity contribution in [2.75, 3.05) is 0 Å². The Hall–Kier alpha value is -3.70. The first-order valence-electron chi connectivity index (χ1n) is 21.4. The van der Waals surface area contributed by atoms with Gasteiger partial charge in [0.15, 0.2) is 0 Å². The fraction of sp³-hybridized carbons (Fsp3) is 0.783. The fourth-order valence-electron chi connectivity index (χ4n) is 14.1. The number of ketones is 2. The van der Waals surface area contributed by atoms with Crippen molar-refractivity contribution in [3.63, 3.8) is 0 Å². The van der Waals surface area contributed by atoms with Crippen LogP contribution < -0.4 is 11.5 Å². The maximum absolute atomic E-state index is 13.3. The average molecular weight is 811 g/mol. The molecule has 58 heavy (non-hydrogen) atoms. The van der Waals surface area contributed by atoms with E-state index in [9.17, 15) is 28.8 Å². The minimum absolute atomic E-state index is 0.0211. The molecule has 6 saturated carbocycles. The van der Waals surface area contributed by atoms with Crippen LogP contribution in [0.15, 0.2) is 25.3 Å². The zero-order valence-corrected chi connectivity index (χ0v) is 36.7. The summed E-state index contributed by atoms with van der Waals surface area (Å²) in [6, 6.07) is 0. The van der Waals surface area contributed by atoms with Crippen molar-refractivity contribution >= 4 is 35.7 Å². The van der Waals surface area contributed by atoms with Crippen LogP contribution in [0.2, 0.25) is 0 Å². The highest BCUT2D eigenvalue weighted by atomic mass is 16.6. The van der Waals surface area contributed by atoms with Gasteiger partial charge in [-0.25, -0.2) is 9.59 Å². The number of carbonyl (C=O) groups excluding carboxylic acids is 6. The number of esters is 2. The SMILES string of the molecule is C=C[C@]1(C)C[C@@H](OC(N)=O)[C@]2(C)[C@H](C)CC[C@]3(CCC(=O)[C@H]32)[C@@H](C)[C@@H]1OC(C)=O.C=C[C@]1(C)C[C@@H](OC(N)=O)[C@]2(C)[C@H](C)CC[C@]3(CCC(=O)[C@H]32)[C@@H](C)[C@@H]1OC(C)=O. The zero-order valence-electron chi connectivity index (χ0n) is 36.7. The van der Waals surface area contributed by atoms with E-state index >= 15 is 0 Å². The second-order valence-electron chi connectivity index (χ2n) is 20.2. The van der Waals surface area contributed by atoms with Crippen LogP contribution in [0.25, 0.3) is 0 Å². The molecular formula is C46H70N2O10. The van der Waals surface area contributed by atoms with Crippen molar-refractivity contribution in [2.45, 2.75) is 158 Å². The number of carbonyl (C=O) groups is 6. The first-order valence-corrected chi connectivity index (χ1v) is 21.4. The molecule has 0 aromatic heterocycles. The van der Waals surface area contributed by atoms with E-state index in [0.717, 1.165) is 38.5 Å². The minimum Gasteiger partial charge on any atom is -0.461 e. The molecule has 0 spiro atoms. The molecule has 6 aliphatic rings. The van der Waals surface area contributed by atoms with Crippen molar-refractivity contribution in [1.82, 2.24) is 0 Å². The van der Waals surface area contributed by atoms with E-state index in [2.05, 4.69) is 54.7 Å². The predicted octanol–water partition coefficient (Wildman–Crippen LogP) is 8.03. The standard InChI is InChI=1S/2C23H35NO5/c2*1-7-21(5)12-17(29-20(24)27)22(6)13(2)8-10-23(11-9-16(26)18(22)23)14(3)19(21)28-15(4)25/h2*7,13-14,17-19H,1,8-12H2,2-6H3,(H2,24,27)/t2*13-,14+,17-,18+,19+,21-,22+,23+/m11/s1. The highest BCUT2D eigenvalue weighted by molar-refractivity contribution is 5.86. The monoisotopic (exact) mass is 811 g/mol. The summed E-state index contributed by atoms with van der Waals surface area (Å²) in [5.41, 5.74) is 8.08. The number of hydrogen-bond donors (Lipinski definition) is 2. The van der Waals surface area contributed by atoms with Gasteiger partial charge in [0.2, 0.25) is 0 Å². The van der Waals surface area contributed by atoms with E-state index in [1.165, 1.54) is 13.8 Å². The van der Waals surface area contributed by atoms with Gasteiger partial charge in [0.05, 0.1) is 0 Å². The molecule has 0 radical (unpaired) electrons. The van der Waals surface area contributed by atoms with Crippen LogP contribution in [0.4, 0.5) is 9.59 Å². The number of ether oxygens (including phenoxy) is 4. The molecule has 324 valence electrons. The average Bonchev–Trinajstić information content (AvgIpc) is 3.69. The lowest BCUT2D eigenvalue weighted by Crippen LogP contribution is -2.63. The van der Waals surface area contributed by atoms with Crippen LogP contribution in [-0.4, -0.2) is 60.1 Å². The Morgan fingerprint density at radius 1 is 0.603 bits per heavy atom. The Balaban J connectivity index is 0.000000221.